The number of aromatic nitrogens is 1. The summed E-state index contributed by atoms with van der Waals surface area (Å²) in [4.78, 5) is 32.2. The standard InChI is InChI=1S/C32H28BrClN2O5S/c1-4-24-27(31(38)39-3)28(21-11-7-6-8-12-21)36-30(37)26(42-32(36)35-24)17-20-15-23(33)29(25(16-20)40-5-2)41-18-19-10-9-13-22(34)14-19/h6-17,28H,4-5,18H2,1-3H3/b26-17+/t28-/m1/s1. The van der Waals surface area contributed by atoms with Crippen molar-refractivity contribution in [1.82, 2.24) is 4.57 Å². The van der Waals surface area contributed by atoms with Crippen LogP contribution < -0.4 is 24.4 Å². The first-order valence-corrected chi connectivity index (χ1v) is 15.3. The van der Waals surface area contributed by atoms with Crippen LogP contribution in [0.5, 0.6) is 11.5 Å². The van der Waals surface area contributed by atoms with E-state index in [1.807, 2.05) is 80.6 Å². The molecule has 10 heteroatoms. The molecule has 0 saturated heterocycles. The van der Waals surface area contributed by atoms with Crippen LogP contribution in [0.2, 0.25) is 5.02 Å². The maximum absolute atomic E-state index is 13.9. The fraction of sp³-hybridized carbons (Fsp3) is 0.219. The Morgan fingerprint density at radius 1 is 1.10 bits per heavy atom. The van der Waals surface area contributed by atoms with Crippen LogP contribution in [-0.2, 0) is 16.1 Å². The van der Waals surface area contributed by atoms with Crippen LogP contribution in [0.1, 0.15) is 43.0 Å². The first-order valence-electron chi connectivity index (χ1n) is 13.4. The van der Waals surface area contributed by atoms with Gasteiger partial charge in [0.2, 0.25) is 0 Å². The summed E-state index contributed by atoms with van der Waals surface area (Å²) in [7, 11) is 1.34. The second-order valence-electron chi connectivity index (χ2n) is 9.38. The molecule has 0 bridgehead atoms. The van der Waals surface area contributed by atoms with E-state index >= 15 is 0 Å². The van der Waals surface area contributed by atoms with Gasteiger partial charge in [-0.25, -0.2) is 9.79 Å². The first-order chi connectivity index (χ1) is 20.3. The molecule has 7 nitrogen and oxygen atoms in total. The molecule has 4 aromatic rings. The van der Waals surface area contributed by atoms with Gasteiger partial charge >= 0.3 is 5.97 Å². The van der Waals surface area contributed by atoms with E-state index in [1.165, 1.54) is 18.4 Å². The topological polar surface area (TPSA) is 79.1 Å². The zero-order valence-electron chi connectivity index (χ0n) is 23.2. The Balaban J connectivity index is 1.60. The van der Waals surface area contributed by atoms with Crippen LogP contribution >= 0.6 is 38.9 Å². The summed E-state index contributed by atoms with van der Waals surface area (Å²) in [6.07, 6.45) is 2.31. The van der Waals surface area contributed by atoms with E-state index in [0.29, 0.717) is 61.2 Å². The smallest absolute Gasteiger partial charge is 0.338 e. The highest BCUT2D eigenvalue weighted by Crippen LogP contribution is 2.38. The Hall–Kier alpha value is -3.66. The molecular weight excluding hydrogens is 640 g/mol. The number of halogens is 2. The Bertz CT molecular complexity index is 1850. The van der Waals surface area contributed by atoms with Crippen LogP contribution in [0, 0.1) is 0 Å². The van der Waals surface area contributed by atoms with Gasteiger partial charge in [-0.1, -0.05) is 72.3 Å². The number of esters is 1. The molecule has 0 amide bonds. The molecule has 0 aliphatic carbocycles. The Morgan fingerprint density at radius 3 is 2.57 bits per heavy atom. The van der Waals surface area contributed by atoms with E-state index in [2.05, 4.69) is 15.9 Å². The van der Waals surface area contributed by atoms with Gasteiger partial charge in [-0.15, -0.1) is 0 Å². The van der Waals surface area contributed by atoms with E-state index in [1.54, 1.807) is 10.6 Å². The number of ether oxygens (including phenoxy) is 3. The van der Waals surface area contributed by atoms with E-state index in [9.17, 15) is 9.59 Å². The van der Waals surface area contributed by atoms with Crippen molar-refractivity contribution >= 4 is 50.9 Å². The average molecular weight is 668 g/mol. The molecule has 0 spiro atoms. The zero-order chi connectivity index (χ0) is 29.8. The number of benzene rings is 3. The fourth-order valence-corrected chi connectivity index (χ4v) is 6.63. The summed E-state index contributed by atoms with van der Waals surface area (Å²) >= 11 is 11.0. The molecule has 42 heavy (non-hydrogen) atoms. The highest BCUT2D eigenvalue weighted by atomic mass is 79.9. The summed E-state index contributed by atoms with van der Waals surface area (Å²) in [6.45, 7) is 4.56. The maximum atomic E-state index is 13.9. The Kier molecular flexibility index (Phi) is 9.30. The summed E-state index contributed by atoms with van der Waals surface area (Å²) in [5.74, 6) is 0.587. The normalized spacial score (nSPS) is 14.8. The van der Waals surface area contributed by atoms with Crippen LogP contribution in [0.25, 0.3) is 6.08 Å². The molecule has 0 radical (unpaired) electrons. The minimum atomic E-state index is -0.653. The first kappa shape index (κ1) is 29.8. The third-order valence-electron chi connectivity index (χ3n) is 6.67. The molecule has 2 heterocycles. The van der Waals surface area contributed by atoms with Crippen LogP contribution in [-0.4, -0.2) is 24.3 Å². The molecular formula is C32H28BrClN2O5S. The highest BCUT2D eigenvalue weighted by molar-refractivity contribution is 9.10. The van der Waals surface area contributed by atoms with Crippen molar-refractivity contribution in [2.75, 3.05) is 13.7 Å². The van der Waals surface area contributed by atoms with Crippen molar-refractivity contribution in [2.24, 2.45) is 4.99 Å². The number of nitrogens with zero attached hydrogens (tertiary/aromatic N) is 2. The minimum Gasteiger partial charge on any atom is -0.490 e. The molecule has 0 saturated carbocycles. The number of hydrogen-bond donors (Lipinski definition) is 0. The lowest BCUT2D eigenvalue weighted by atomic mass is 9.95. The highest BCUT2D eigenvalue weighted by Gasteiger charge is 2.33. The van der Waals surface area contributed by atoms with Crippen LogP contribution in [0.3, 0.4) is 0 Å². The number of thiazole rings is 1. The monoisotopic (exact) mass is 666 g/mol. The van der Waals surface area contributed by atoms with E-state index in [4.69, 9.17) is 30.8 Å². The van der Waals surface area contributed by atoms with E-state index < -0.39 is 12.0 Å². The number of methoxy groups -OCH3 is 1. The predicted molar refractivity (Wildman–Crippen MR) is 168 cm³/mol. The third-order valence-corrected chi connectivity index (χ3v) is 8.47. The lowest BCUT2D eigenvalue weighted by Crippen LogP contribution is -2.40. The number of carbonyl (C=O) groups is 1. The lowest BCUT2D eigenvalue weighted by Gasteiger charge is -2.25. The maximum Gasteiger partial charge on any atom is 0.338 e. The van der Waals surface area contributed by atoms with Gasteiger partial charge in [0.15, 0.2) is 16.3 Å². The molecule has 1 aliphatic rings. The summed E-state index contributed by atoms with van der Waals surface area (Å²) in [5, 5.41) is 0.635. The van der Waals surface area contributed by atoms with Gasteiger partial charge in [-0.3, -0.25) is 9.36 Å². The number of rotatable bonds is 9. The number of allylic oxidation sites excluding steroid dienone is 1. The lowest BCUT2D eigenvalue weighted by molar-refractivity contribution is -0.136. The molecule has 1 atom stereocenters. The Labute approximate surface area is 260 Å². The molecule has 1 aliphatic heterocycles. The van der Waals surface area contributed by atoms with Gasteiger partial charge in [0.05, 0.1) is 40.0 Å². The summed E-state index contributed by atoms with van der Waals surface area (Å²) in [5.41, 5.74) is 3.19. The summed E-state index contributed by atoms with van der Waals surface area (Å²) in [6, 6.07) is 20.0. The molecule has 216 valence electrons. The number of carbonyl (C=O) groups excluding carboxylic acids is 1. The van der Waals surface area contributed by atoms with Crippen LogP contribution in [0.15, 0.2) is 92.3 Å². The van der Waals surface area contributed by atoms with Gasteiger partial charge < -0.3 is 14.2 Å². The number of fused-ring (bicyclic) bond motifs is 1. The van der Waals surface area contributed by atoms with Crippen molar-refractivity contribution in [3.63, 3.8) is 0 Å². The van der Waals surface area contributed by atoms with Crippen LogP contribution in [0.4, 0.5) is 0 Å². The van der Waals surface area contributed by atoms with Gasteiger partial charge in [0, 0.05) is 5.02 Å². The van der Waals surface area contributed by atoms with Crippen molar-refractivity contribution in [2.45, 2.75) is 32.9 Å². The minimum absolute atomic E-state index is 0.250. The van der Waals surface area contributed by atoms with Gasteiger partial charge in [0.25, 0.3) is 5.56 Å². The Morgan fingerprint density at radius 2 is 1.88 bits per heavy atom. The van der Waals surface area contributed by atoms with Crippen molar-refractivity contribution < 1.29 is 19.0 Å². The number of hydrogen-bond acceptors (Lipinski definition) is 7. The molecule has 3 aromatic carbocycles. The molecule has 0 unspecified atom stereocenters. The molecule has 5 rings (SSSR count). The van der Waals surface area contributed by atoms with Gasteiger partial charge in [-0.05, 0) is 76.3 Å². The van der Waals surface area contributed by atoms with E-state index in [-0.39, 0.29) is 5.56 Å². The SMILES string of the molecule is CCOc1cc(/C=c2/sc3n(c2=O)[C@H](c2ccccc2)C(C(=O)OC)=C(CC)N=3)cc(Br)c1OCc1cccc(Cl)c1. The van der Waals surface area contributed by atoms with Gasteiger partial charge in [0.1, 0.15) is 6.61 Å². The average Bonchev–Trinajstić information content (AvgIpc) is 3.30. The van der Waals surface area contributed by atoms with E-state index in [0.717, 1.165) is 16.7 Å². The second-order valence-corrected chi connectivity index (χ2v) is 11.7. The van der Waals surface area contributed by atoms with Crippen molar-refractivity contribution in [3.8, 4) is 11.5 Å². The largest absolute Gasteiger partial charge is 0.490 e. The fourth-order valence-electron chi connectivity index (χ4n) is 4.82. The zero-order valence-corrected chi connectivity index (χ0v) is 26.4. The predicted octanol–water partition coefficient (Wildman–Crippen LogP) is 6.19. The summed E-state index contributed by atoms with van der Waals surface area (Å²) < 4.78 is 19.9. The molecule has 0 N–H and O–H groups in total. The third kappa shape index (κ3) is 6.09. The molecule has 1 aromatic heterocycles. The van der Waals surface area contributed by atoms with Gasteiger partial charge in [-0.2, -0.15) is 0 Å². The second kappa shape index (κ2) is 13.1. The van der Waals surface area contributed by atoms with Crippen molar-refractivity contribution in [3.05, 3.63) is 124 Å². The van der Waals surface area contributed by atoms with Crippen molar-refractivity contribution in [1.29, 1.82) is 0 Å². The molecule has 0 fully saturated rings. The quantitative estimate of drug-likeness (QED) is 0.199.